The number of thioether (sulfide) groups is 1. The second-order valence-electron chi connectivity index (χ2n) is 4.30. The molecule has 1 rings (SSSR count). The Bertz CT molecular complexity index is 305. The van der Waals surface area contributed by atoms with Crippen LogP contribution in [-0.2, 0) is 9.84 Å². The van der Waals surface area contributed by atoms with Crippen molar-refractivity contribution >= 4 is 21.6 Å². The molecule has 1 heterocycles. The normalized spacial score (nSPS) is 30.4. The zero-order valence-corrected chi connectivity index (χ0v) is 11.5. The van der Waals surface area contributed by atoms with Crippen molar-refractivity contribution in [2.24, 2.45) is 0 Å². The Balaban J connectivity index is 2.31. The lowest BCUT2D eigenvalue weighted by Crippen LogP contribution is -2.44. The third kappa shape index (κ3) is 4.61. The predicted molar refractivity (Wildman–Crippen MR) is 68.7 cm³/mol. The van der Waals surface area contributed by atoms with E-state index in [0.717, 1.165) is 17.9 Å². The van der Waals surface area contributed by atoms with Crippen LogP contribution in [0.5, 0.6) is 0 Å². The van der Waals surface area contributed by atoms with Gasteiger partial charge in [-0.25, -0.2) is 8.42 Å². The third-order valence-electron chi connectivity index (χ3n) is 2.72. The number of hydrogen-bond donors (Lipinski definition) is 2. The minimum absolute atomic E-state index is 0.0689. The van der Waals surface area contributed by atoms with Gasteiger partial charge in [0.15, 0.2) is 9.84 Å². The molecule has 2 N–H and O–H groups in total. The summed E-state index contributed by atoms with van der Waals surface area (Å²) >= 11 is 1.87. The first-order chi connectivity index (χ1) is 7.44. The summed E-state index contributed by atoms with van der Waals surface area (Å²) < 4.78 is 22.6. The first-order valence-electron chi connectivity index (χ1n) is 5.67. The predicted octanol–water partition coefficient (Wildman–Crippen LogP) is 0.266. The Hall–Kier alpha value is 0.220. The van der Waals surface area contributed by atoms with Crippen LogP contribution in [0.15, 0.2) is 0 Å². The van der Waals surface area contributed by atoms with Gasteiger partial charge >= 0.3 is 0 Å². The molecule has 1 aliphatic heterocycles. The fourth-order valence-corrected chi connectivity index (χ4v) is 4.40. The lowest BCUT2D eigenvalue weighted by atomic mass is 10.1. The van der Waals surface area contributed by atoms with Gasteiger partial charge in [0, 0.05) is 12.1 Å². The molecule has 0 aromatic heterocycles. The van der Waals surface area contributed by atoms with E-state index in [-0.39, 0.29) is 23.6 Å². The molecular formula is C10H21NO3S2. The minimum Gasteiger partial charge on any atom is -0.390 e. The average molecular weight is 267 g/mol. The summed E-state index contributed by atoms with van der Waals surface area (Å²) in [5.74, 6) is 2.15. The van der Waals surface area contributed by atoms with Crippen molar-refractivity contribution in [2.45, 2.75) is 38.5 Å². The van der Waals surface area contributed by atoms with Gasteiger partial charge in [0.1, 0.15) is 0 Å². The van der Waals surface area contributed by atoms with Crippen LogP contribution in [0, 0.1) is 0 Å². The SMILES string of the molecule is CCSCCC(C)NC1CS(=O)(=O)CC1O. The lowest BCUT2D eigenvalue weighted by Gasteiger charge is -2.20. The lowest BCUT2D eigenvalue weighted by molar-refractivity contribution is 0.160. The number of nitrogens with one attached hydrogen (secondary N) is 1. The smallest absolute Gasteiger partial charge is 0.154 e. The van der Waals surface area contributed by atoms with Gasteiger partial charge in [0.2, 0.25) is 0 Å². The van der Waals surface area contributed by atoms with Crippen molar-refractivity contribution in [1.29, 1.82) is 0 Å². The first-order valence-corrected chi connectivity index (χ1v) is 8.64. The van der Waals surface area contributed by atoms with Crippen molar-refractivity contribution in [3.8, 4) is 0 Å². The fourth-order valence-electron chi connectivity index (χ4n) is 1.84. The molecule has 96 valence electrons. The van der Waals surface area contributed by atoms with Gasteiger partial charge in [-0.05, 0) is 24.9 Å². The molecule has 0 saturated carbocycles. The van der Waals surface area contributed by atoms with Gasteiger partial charge in [-0.3, -0.25) is 0 Å². The van der Waals surface area contributed by atoms with E-state index in [2.05, 4.69) is 12.2 Å². The largest absolute Gasteiger partial charge is 0.390 e. The van der Waals surface area contributed by atoms with E-state index >= 15 is 0 Å². The van der Waals surface area contributed by atoms with Gasteiger partial charge in [-0.15, -0.1) is 0 Å². The monoisotopic (exact) mass is 267 g/mol. The second kappa shape index (κ2) is 6.23. The van der Waals surface area contributed by atoms with Crippen LogP contribution in [0.25, 0.3) is 0 Å². The maximum absolute atomic E-state index is 11.3. The number of hydrogen-bond acceptors (Lipinski definition) is 5. The maximum Gasteiger partial charge on any atom is 0.154 e. The van der Waals surface area contributed by atoms with Crippen LogP contribution in [0.1, 0.15) is 20.3 Å². The molecule has 0 aliphatic carbocycles. The van der Waals surface area contributed by atoms with Crippen LogP contribution in [0.3, 0.4) is 0 Å². The standard InChI is InChI=1S/C10H21NO3S2/c1-3-15-5-4-8(2)11-9-6-16(13,14)7-10(9)12/h8-12H,3-7H2,1-2H3. The summed E-state index contributed by atoms with van der Waals surface area (Å²) in [7, 11) is -3.03. The summed E-state index contributed by atoms with van der Waals surface area (Å²) in [6, 6.07) is -0.0290. The minimum atomic E-state index is -3.03. The zero-order valence-electron chi connectivity index (χ0n) is 9.85. The molecule has 0 bridgehead atoms. The highest BCUT2D eigenvalue weighted by Crippen LogP contribution is 2.14. The zero-order chi connectivity index (χ0) is 12.2. The van der Waals surface area contributed by atoms with Crippen LogP contribution in [-0.4, -0.2) is 54.7 Å². The van der Waals surface area contributed by atoms with Gasteiger partial charge in [-0.2, -0.15) is 11.8 Å². The topological polar surface area (TPSA) is 66.4 Å². The van der Waals surface area contributed by atoms with Gasteiger partial charge in [0.25, 0.3) is 0 Å². The number of aliphatic hydroxyl groups is 1. The third-order valence-corrected chi connectivity index (χ3v) is 5.37. The van der Waals surface area contributed by atoms with E-state index < -0.39 is 15.9 Å². The number of sulfone groups is 1. The second-order valence-corrected chi connectivity index (χ2v) is 7.85. The van der Waals surface area contributed by atoms with E-state index in [1.807, 2.05) is 18.7 Å². The molecule has 0 radical (unpaired) electrons. The molecule has 3 atom stereocenters. The molecule has 16 heavy (non-hydrogen) atoms. The Morgan fingerprint density at radius 3 is 2.69 bits per heavy atom. The van der Waals surface area contributed by atoms with Crippen molar-refractivity contribution < 1.29 is 13.5 Å². The Labute approximate surface area is 102 Å². The van der Waals surface area contributed by atoms with E-state index in [4.69, 9.17) is 0 Å². The van der Waals surface area contributed by atoms with Crippen molar-refractivity contribution in [2.75, 3.05) is 23.0 Å². The summed E-state index contributed by atoms with van der Waals surface area (Å²) in [5, 5.41) is 12.8. The molecular weight excluding hydrogens is 246 g/mol. The van der Waals surface area contributed by atoms with Gasteiger partial charge < -0.3 is 10.4 Å². The highest BCUT2D eigenvalue weighted by atomic mass is 32.2. The molecule has 0 spiro atoms. The molecule has 3 unspecified atom stereocenters. The molecule has 1 aliphatic rings. The van der Waals surface area contributed by atoms with E-state index in [9.17, 15) is 13.5 Å². The molecule has 6 heteroatoms. The number of aliphatic hydroxyl groups excluding tert-OH is 1. The van der Waals surface area contributed by atoms with Crippen molar-refractivity contribution in [3.63, 3.8) is 0 Å². The maximum atomic E-state index is 11.3. The summed E-state index contributed by atoms with van der Waals surface area (Å²) in [4.78, 5) is 0. The quantitative estimate of drug-likeness (QED) is 0.676. The molecule has 4 nitrogen and oxygen atoms in total. The highest BCUT2D eigenvalue weighted by Gasteiger charge is 2.36. The molecule has 0 aromatic carbocycles. The van der Waals surface area contributed by atoms with Crippen LogP contribution in [0.2, 0.25) is 0 Å². The molecule has 1 saturated heterocycles. The molecule has 0 aromatic rings. The van der Waals surface area contributed by atoms with Crippen LogP contribution in [0.4, 0.5) is 0 Å². The highest BCUT2D eigenvalue weighted by molar-refractivity contribution is 7.99. The summed E-state index contributed by atoms with van der Waals surface area (Å²) in [5.41, 5.74) is 0. The van der Waals surface area contributed by atoms with Crippen molar-refractivity contribution in [3.05, 3.63) is 0 Å². The summed E-state index contributed by atoms with van der Waals surface area (Å²) in [6.45, 7) is 4.16. The Morgan fingerprint density at radius 2 is 2.19 bits per heavy atom. The van der Waals surface area contributed by atoms with E-state index in [0.29, 0.717) is 0 Å². The summed E-state index contributed by atoms with van der Waals surface area (Å²) in [6.07, 6.45) is 0.258. The number of rotatable bonds is 6. The Kier molecular flexibility index (Phi) is 5.56. The Morgan fingerprint density at radius 1 is 1.50 bits per heavy atom. The average Bonchev–Trinajstić information content (AvgIpc) is 2.40. The van der Waals surface area contributed by atoms with Gasteiger partial charge in [0.05, 0.1) is 17.6 Å². The van der Waals surface area contributed by atoms with Crippen molar-refractivity contribution in [1.82, 2.24) is 5.32 Å². The molecule has 1 fully saturated rings. The first kappa shape index (κ1) is 14.3. The molecule has 0 amide bonds. The fraction of sp³-hybridized carbons (Fsp3) is 1.00. The van der Waals surface area contributed by atoms with E-state index in [1.54, 1.807) is 0 Å². The van der Waals surface area contributed by atoms with Gasteiger partial charge in [-0.1, -0.05) is 6.92 Å². The van der Waals surface area contributed by atoms with E-state index in [1.165, 1.54) is 0 Å². The van der Waals surface area contributed by atoms with Crippen LogP contribution >= 0.6 is 11.8 Å². The van der Waals surface area contributed by atoms with Crippen LogP contribution < -0.4 is 5.32 Å².